The fourth-order valence-electron chi connectivity index (χ4n) is 5.25. The number of carbonyl (C=O) groups excluding carboxylic acids is 3. The number of primary amides is 1. The van der Waals surface area contributed by atoms with E-state index < -0.39 is 5.91 Å². The second kappa shape index (κ2) is 10.7. The van der Waals surface area contributed by atoms with Crippen molar-refractivity contribution in [1.82, 2.24) is 14.8 Å². The molecule has 39 heavy (non-hydrogen) atoms. The third-order valence-corrected chi connectivity index (χ3v) is 7.60. The van der Waals surface area contributed by atoms with E-state index in [1.165, 1.54) is 6.08 Å². The average molecular weight is 521 g/mol. The molecular formula is C32H32N4O3. The van der Waals surface area contributed by atoms with Gasteiger partial charge in [-0.15, -0.1) is 0 Å². The molecule has 0 spiro atoms. The van der Waals surface area contributed by atoms with Crippen molar-refractivity contribution in [3.63, 3.8) is 0 Å². The van der Waals surface area contributed by atoms with Crippen LogP contribution in [0.25, 0.3) is 33.3 Å². The molecule has 5 rings (SSSR count). The van der Waals surface area contributed by atoms with Crippen LogP contribution in [0.4, 0.5) is 0 Å². The van der Waals surface area contributed by atoms with Crippen LogP contribution in [0, 0.1) is 6.92 Å². The minimum absolute atomic E-state index is 0.0149. The van der Waals surface area contributed by atoms with Crippen LogP contribution in [0.5, 0.6) is 0 Å². The number of hydrogen-bond acceptors (Lipinski definition) is 4. The van der Waals surface area contributed by atoms with Crippen LogP contribution in [0.15, 0.2) is 73.3 Å². The van der Waals surface area contributed by atoms with Crippen molar-refractivity contribution in [3.05, 3.63) is 95.6 Å². The van der Waals surface area contributed by atoms with E-state index in [4.69, 9.17) is 5.73 Å². The van der Waals surface area contributed by atoms with E-state index in [-0.39, 0.29) is 18.1 Å². The number of nitrogens with one attached hydrogen (secondary N) is 1. The quantitative estimate of drug-likeness (QED) is 0.348. The number of carbonyl (C=O) groups is 3. The Morgan fingerprint density at radius 2 is 1.72 bits per heavy atom. The van der Waals surface area contributed by atoms with Crippen LogP contribution >= 0.6 is 0 Å². The Morgan fingerprint density at radius 1 is 0.974 bits per heavy atom. The molecule has 1 saturated heterocycles. The van der Waals surface area contributed by atoms with Gasteiger partial charge in [-0.3, -0.25) is 14.4 Å². The Labute approximate surface area is 227 Å². The summed E-state index contributed by atoms with van der Waals surface area (Å²) in [5.74, 6) is -0.554. The first-order chi connectivity index (χ1) is 18.8. The van der Waals surface area contributed by atoms with Crippen molar-refractivity contribution < 1.29 is 14.4 Å². The normalized spacial score (nSPS) is 13.9. The smallest absolute Gasteiger partial charge is 0.253 e. The third kappa shape index (κ3) is 5.13. The summed E-state index contributed by atoms with van der Waals surface area (Å²) in [5, 5.41) is 0.840. The van der Waals surface area contributed by atoms with E-state index >= 15 is 0 Å². The Bertz CT molecular complexity index is 1610. The van der Waals surface area contributed by atoms with Gasteiger partial charge < -0.3 is 20.5 Å². The molecule has 0 saturated carbocycles. The zero-order chi connectivity index (χ0) is 27.7. The largest absolute Gasteiger partial charge is 0.366 e. The van der Waals surface area contributed by atoms with Gasteiger partial charge in [-0.1, -0.05) is 43.0 Å². The standard InChI is InChI=1S/C32H32N4O3/c1-4-24(37)18-21-7-6-10-25(20(21)2)26-11-12-27(31(33)38)30-28(26)19-29(34-30)22-8-5-9-23(17-22)32(39)36-15-13-35(3)14-16-36/h4-12,17,19,34H,1,13-16,18H2,2-3H3,(H2,33,38). The van der Waals surface area contributed by atoms with Gasteiger partial charge in [0.2, 0.25) is 0 Å². The monoisotopic (exact) mass is 520 g/mol. The molecule has 4 aromatic rings. The number of rotatable bonds is 7. The molecule has 0 atom stereocenters. The van der Waals surface area contributed by atoms with E-state index in [0.29, 0.717) is 29.7 Å². The van der Waals surface area contributed by atoms with Gasteiger partial charge in [0.05, 0.1) is 11.1 Å². The number of nitrogens with zero attached hydrogens (tertiary/aromatic N) is 2. The molecule has 7 nitrogen and oxygen atoms in total. The van der Waals surface area contributed by atoms with E-state index in [9.17, 15) is 14.4 Å². The van der Waals surface area contributed by atoms with Gasteiger partial charge in [-0.25, -0.2) is 0 Å². The zero-order valence-corrected chi connectivity index (χ0v) is 22.3. The molecule has 1 aliphatic heterocycles. The number of nitrogens with two attached hydrogens (primary N) is 1. The van der Waals surface area contributed by atoms with Gasteiger partial charge in [0.1, 0.15) is 0 Å². The molecule has 198 valence electrons. The highest BCUT2D eigenvalue weighted by Crippen LogP contribution is 2.36. The third-order valence-electron chi connectivity index (χ3n) is 7.60. The first kappa shape index (κ1) is 26.1. The van der Waals surface area contributed by atoms with Crippen LogP contribution < -0.4 is 5.73 Å². The fraction of sp³-hybridized carbons (Fsp3) is 0.219. The lowest BCUT2D eigenvalue weighted by atomic mass is 9.91. The topological polar surface area (TPSA) is 99.5 Å². The van der Waals surface area contributed by atoms with Crippen molar-refractivity contribution in [1.29, 1.82) is 0 Å². The van der Waals surface area contributed by atoms with Crippen molar-refractivity contribution in [2.45, 2.75) is 13.3 Å². The molecule has 0 aliphatic carbocycles. The number of benzene rings is 3. The lowest BCUT2D eigenvalue weighted by Crippen LogP contribution is -2.47. The lowest BCUT2D eigenvalue weighted by Gasteiger charge is -2.32. The minimum atomic E-state index is -0.527. The highest BCUT2D eigenvalue weighted by Gasteiger charge is 2.22. The SMILES string of the molecule is C=CC(=O)Cc1cccc(-c2ccc(C(N)=O)c3[nH]c(-c4cccc(C(=O)N5CCN(C)CC5)c4)cc23)c1C. The maximum atomic E-state index is 13.2. The van der Waals surface area contributed by atoms with Crippen molar-refractivity contribution in [2.24, 2.45) is 5.73 Å². The van der Waals surface area contributed by atoms with E-state index in [0.717, 1.165) is 52.0 Å². The van der Waals surface area contributed by atoms with Crippen LogP contribution in [0.1, 0.15) is 31.8 Å². The summed E-state index contributed by atoms with van der Waals surface area (Å²) in [5.41, 5.74) is 12.8. The predicted molar refractivity (Wildman–Crippen MR) is 155 cm³/mol. The molecule has 2 amide bonds. The first-order valence-electron chi connectivity index (χ1n) is 13.0. The second-order valence-electron chi connectivity index (χ2n) is 10.1. The number of ketones is 1. The molecule has 1 aromatic heterocycles. The highest BCUT2D eigenvalue weighted by atomic mass is 16.2. The summed E-state index contributed by atoms with van der Waals surface area (Å²) in [6.07, 6.45) is 1.62. The lowest BCUT2D eigenvalue weighted by molar-refractivity contribution is -0.114. The number of likely N-dealkylation sites (N-methyl/N-ethyl adjacent to an activating group) is 1. The minimum Gasteiger partial charge on any atom is -0.366 e. The molecule has 3 aromatic carbocycles. The summed E-state index contributed by atoms with van der Waals surface area (Å²) in [6, 6.07) is 19.1. The number of piperazine rings is 1. The number of H-pyrrole nitrogens is 1. The number of amides is 2. The van der Waals surface area contributed by atoms with Gasteiger partial charge in [0.15, 0.2) is 5.78 Å². The number of fused-ring (bicyclic) bond motifs is 1. The molecule has 1 aliphatic rings. The van der Waals surface area contributed by atoms with Gasteiger partial charge in [0, 0.05) is 49.2 Å². The molecule has 3 N–H and O–H groups in total. The first-order valence-corrected chi connectivity index (χ1v) is 13.0. The predicted octanol–water partition coefficient (Wildman–Crippen LogP) is 4.59. The Balaban J connectivity index is 1.58. The summed E-state index contributed by atoms with van der Waals surface area (Å²) in [7, 11) is 2.06. The summed E-state index contributed by atoms with van der Waals surface area (Å²) in [6.45, 7) is 8.70. The van der Waals surface area contributed by atoms with Crippen molar-refractivity contribution in [3.8, 4) is 22.4 Å². The number of allylic oxidation sites excluding steroid dienone is 1. The van der Waals surface area contributed by atoms with Gasteiger partial charge in [-0.2, -0.15) is 0 Å². The van der Waals surface area contributed by atoms with Crippen LogP contribution in [0.3, 0.4) is 0 Å². The summed E-state index contributed by atoms with van der Waals surface area (Å²) >= 11 is 0. The highest BCUT2D eigenvalue weighted by molar-refractivity contribution is 6.11. The summed E-state index contributed by atoms with van der Waals surface area (Å²) in [4.78, 5) is 45.1. The molecule has 0 radical (unpaired) electrons. The molecule has 7 heteroatoms. The molecule has 2 heterocycles. The molecule has 1 fully saturated rings. The molecular weight excluding hydrogens is 488 g/mol. The Hall–Kier alpha value is -4.49. The fourth-order valence-corrected chi connectivity index (χ4v) is 5.25. The Morgan fingerprint density at radius 3 is 2.44 bits per heavy atom. The van der Waals surface area contributed by atoms with Crippen molar-refractivity contribution >= 4 is 28.5 Å². The van der Waals surface area contributed by atoms with Crippen LogP contribution in [-0.2, 0) is 11.2 Å². The average Bonchev–Trinajstić information content (AvgIpc) is 3.39. The maximum absolute atomic E-state index is 13.2. The van der Waals surface area contributed by atoms with Gasteiger partial charge in [0.25, 0.3) is 11.8 Å². The zero-order valence-electron chi connectivity index (χ0n) is 22.3. The molecule has 0 bridgehead atoms. The van der Waals surface area contributed by atoms with Crippen molar-refractivity contribution in [2.75, 3.05) is 33.2 Å². The summed E-state index contributed by atoms with van der Waals surface area (Å²) < 4.78 is 0. The number of hydrogen-bond donors (Lipinski definition) is 2. The molecule has 0 unspecified atom stereocenters. The Kier molecular flexibility index (Phi) is 7.17. The van der Waals surface area contributed by atoms with Crippen LogP contribution in [0.2, 0.25) is 0 Å². The maximum Gasteiger partial charge on any atom is 0.253 e. The number of aromatic amines is 1. The number of aromatic nitrogens is 1. The van der Waals surface area contributed by atoms with E-state index in [1.54, 1.807) is 6.07 Å². The van der Waals surface area contributed by atoms with Crippen LogP contribution in [-0.4, -0.2) is 65.6 Å². The second-order valence-corrected chi connectivity index (χ2v) is 10.1. The van der Waals surface area contributed by atoms with Gasteiger partial charge in [-0.05, 0) is 72.1 Å². The van der Waals surface area contributed by atoms with Gasteiger partial charge >= 0.3 is 0 Å². The van der Waals surface area contributed by atoms with E-state index in [2.05, 4.69) is 23.5 Å². The van der Waals surface area contributed by atoms with E-state index in [1.807, 2.05) is 66.4 Å².